The standard InChI is InChI=1S/2HNO2.H2O.Y/c2*2-1-3;;/h2*(H,2,3);1H2;/p-2. The van der Waals surface area contributed by atoms with Crippen LogP contribution in [0.4, 0.5) is 0 Å². The summed E-state index contributed by atoms with van der Waals surface area (Å²) in [6.07, 6.45) is 0. The summed E-state index contributed by atoms with van der Waals surface area (Å²) in [6, 6.07) is 0. The van der Waals surface area contributed by atoms with E-state index < -0.39 is 0 Å². The summed E-state index contributed by atoms with van der Waals surface area (Å²) < 4.78 is 0. The van der Waals surface area contributed by atoms with E-state index in [1.165, 1.54) is 0 Å². The van der Waals surface area contributed by atoms with Gasteiger partial charge in [0.1, 0.15) is 0 Å². The summed E-state index contributed by atoms with van der Waals surface area (Å²) in [4.78, 5) is 16.0. The molecule has 0 spiro atoms. The van der Waals surface area contributed by atoms with Gasteiger partial charge in [0.25, 0.3) is 0 Å². The van der Waals surface area contributed by atoms with Crippen LogP contribution in [0.5, 0.6) is 0 Å². The van der Waals surface area contributed by atoms with Gasteiger partial charge >= 0.3 is 0 Å². The first kappa shape index (κ1) is 24.8. The summed E-state index contributed by atoms with van der Waals surface area (Å²) in [5.74, 6) is 0. The topological polar surface area (TPSA) is 136 Å². The quantitative estimate of drug-likeness (QED) is 0.389. The number of hydrogen-bond donors (Lipinski definition) is 0. The molecule has 0 aliphatic heterocycles. The minimum atomic E-state index is 0. The van der Waals surface area contributed by atoms with Gasteiger partial charge < -0.3 is 25.7 Å². The molecule has 2 N–H and O–H groups in total. The zero-order chi connectivity index (χ0) is 5.41. The Hall–Kier alpha value is -0.136. The van der Waals surface area contributed by atoms with Crippen LogP contribution in [0, 0.1) is 20.2 Å². The first-order chi connectivity index (χ1) is 2.83. The van der Waals surface area contributed by atoms with E-state index in [0.717, 1.165) is 10.7 Å². The van der Waals surface area contributed by atoms with Crippen molar-refractivity contribution in [1.29, 1.82) is 0 Å². The van der Waals surface area contributed by atoms with E-state index in [1.54, 1.807) is 0 Å². The van der Waals surface area contributed by atoms with Gasteiger partial charge in [-0.25, -0.2) is 0 Å². The first-order valence-electron chi connectivity index (χ1n) is 0.730. The maximum absolute atomic E-state index is 8.00. The molecule has 0 atom stereocenters. The first-order valence-corrected chi connectivity index (χ1v) is 0.730. The molecule has 47 valence electrons. The van der Waals surface area contributed by atoms with Gasteiger partial charge in [-0.1, -0.05) is 0 Å². The van der Waals surface area contributed by atoms with Crippen molar-refractivity contribution in [3.05, 3.63) is 20.2 Å². The molecule has 0 aliphatic carbocycles. The summed E-state index contributed by atoms with van der Waals surface area (Å²) in [7, 11) is 0. The van der Waals surface area contributed by atoms with Crippen molar-refractivity contribution in [2.45, 2.75) is 0 Å². The average Bonchev–Trinajstić information content (AvgIpc) is 1.39. The van der Waals surface area contributed by atoms with Crippen LogP contribution < -0.4 is 0 Å². The Balaban J connectivity index is -0.0000000160. The van der Waals surface area contributed by atoms with Crippen LogP contribution in [0.3, 0.4) is 0 Å². The zero-order valence-corrected chi connectivity index (χ0v) is 6.44. The second kappa shape index (κ2) is 67.9. The van der Waals surface area contributed by atoms with E-state index in [-0.39, 0.29) is 38.2 Å². The van der Waals surface area contributed by atoms with Crippen LogP contribution in [-0.4, -0.2) is 5.48 Å². The van der Waals surface area contributed by atoms with E-state index in [1.807, 2.05) is 0 Å². The van der Waals surface area contributed by atoms with Crippen molar-refractivity contribution < 1.29 is 38.2 Å². The fraction of sp³-hybridized carbons (Fsp3) is 0. The predicted octanol–water partition coefficient (Wildman–Crippen LogP) is -0.326. The third-order valence-electron chi connectivity index (χ3n) is 0. The van der Waals surface area contributed by atoms with E-state index in [4.69, 9.17) is 20.2 Å². The monoisotopic (exact) mass is 199 g/mol. The van der Waals surface area contributed by atoms with Gasteiger partial charge in [0.2, 0.25) is 0 Å². The molecule has 8 heavy (non-hydrogen) atoms. The minimum Gasteiger partial charge on any atom is -0.444 e. The van der Waals surface area contributed by atoms with Gasteiger partial charge in [-0.3, -0.25) is 0 Å². The Kier molecular flexibility index (Phi) is 211. The molecular weight excluding hydrogens is 197 g/mol. The molecule has 0 aromatic rings. The van der Waals surface area contributed by atoms with Crippen molar-refractivity contribution in [2.24, 2.45) is 10.7 Å². The second-order valence-electron chi connectivity index (χ2n) is 0.149. The predicted molar refractivity (Wildman–Crippen MR) is 21.9 cm³/mol. The Morgan fingerprint density at radius 2 is 1.00 bits per heavy atom. The third-order valence-corrected chi connectivity index (χ3v) is 0. The number of rotatable bonds is 0. The minimum absolute atomic E-state index is 0. The van der Waals surface area contributed by atoms with Gasteiger partial charge in [0.15, 0.2) is 0 Å². The maximum Gasteiger partial charge on any atom is 0 e. The SMILES string of the molecule is O.O=N[O-].O=N[O-].[Y]. The molecular formula is H2N2O5Y-2. The van der Waals surface area contributed by atoms with Gasteiger partial charge in [-0.15, -0.1) is 10.7 Å². The molecule has 0 heterocycles. The largest absolute Gasteiger partial charge is 0.444 e. The smallest absolute Gasteiger partial charge is 0 e. The van der Waals surface area contributed by atoms with Crippen LogP contribution in [0.15, 0.2) is 10.7 Å². The van der Waals surface area contributed by atoms with E-state index >= 15 is 0 Å². The molecule has 0 amide bonds. The van der Waals surface area contributed by atoms with E-state index in [0.29, 0.717) is 0 Å². The van der Waals surface area contributed by atoms with E-state index in [2.05, 4.69) is 0 Å². The van der Waals surface area contributed by atoms with E-state index in [9.17, 15) is 0 Å². The Labute approximate surface area is 69.1 Å². The molecule has 0 saturated carbocycles. The molecule has 0 bridgehead atoms. The van der Waals surface area contributed by atoms with Crippen LogP contribution in [0.1, 0.15) is 0 Å². The molecule has 0 saturated heterocycles. The molecule has 8 heteroatoms. The van der Waals surface area contributed by atoms with Crippen molar-refractivity contribution in [1.82, 2.24) is 0 Å². The van der Waals surface area contributed by atoms with Crippen molar-refractivity contribution in [2.75, 3.05) is 0 Å². The summed E-state index contributed by atoms with van der Waals surface area (Å²) >= 11 is 0. The van der Waals surface area contributed by atoms with Crippen molar-refractivity contribution >= 4 is 0 Å². The van der Waals surface area contributed by atoms with Gasteiger partial charge in [0.05, 0.1) is 0 Å². The van der Waals surface area contributed by atoms with Crippen molar-refractivity contribution in [3.8, 4) is 0 Å². The fourth-order valence-corrected chi connectivity index (χ4v) is 0. The third kappa shape index (κ3) is 7490. The maximum atomic E-state index is 8.00. The molecule has 0 aliphatic rings. The fourth-order valence-electron chi connectivity index (χ4n) is 0. The molecule has 0 fully saturated rings. The summed E-state index contributed by atoms with van der Waals surface area (Å²) in [5, 5.41) is 18.0. The molecule has 1 radical (unpaired) electrons. The summed E-state index contributed by atoms with van der Waals surface area (Å²) in [6.45, 7) is 0. The number of hydrogen-bond acceptors (Lipinski definition) is 6. The summed E-state index contributed by atoms with van der Waals surface area (Å²) in [5.41, 5.74) is 0. The number of nitrogens with zero attached hydrogens (tertiary/aromatic N) is 2. The van der Waals surface area contributed by atoms with Gasteiger partial charge in [-0.05, 0) is 0 Å². The molecule has 0 unspecified atom stereocenters. The second-order valence-corrected chi connectivity index (χ2v) is 0.149. The Morgan fingerprint density at radius 1 is 1.00 bits per heavy atom. The van der Waals surface area contributed by atoms with Gasteiger partial charge in [0, 0.05) is 32.7 Å². The van der Waals surface area contributed by atoms with Crippen LogP contribution in [0.2, 0.25) is 0 Å². The Bertz CT molecular complexity index is 31.4. The molecule has 0 aromatic carbocycles. The van der Waals surface area contributed by atoms with Gasteiger partial charge in [-0.2, -0.15) is 0 Å². The molecule has 7 nitrogen and oxygen atoms in total. The van der Waals surface area contributed by atoms with Crippen molar-refractivity contribution in [3.63, 3.8) is 0 Å². The van der Waals surface area contributed by atoms with Crippen LogP contribution in [-0.2, 0) is 32.7 Å². The molecule has 0 rings (SSSR count). The average molecular weight is 199 g/mol. The zero-order valence-electron chi connectivity index (χ0n) is 3.60. The van der Waals surface area contributed by atoms with Crippen LogP contribution >= 0.6 is 0 Å². The normalized spacial score (nSPS) is 3.00. The Morgan fingerprint density at radius 3 is 1.00 bits per heavy atom. The molecule has 0 aromatic heterocycles. The van der Waals surface area contributed by atoms with Crippen LogP contribution in [0.25, 0.3) is 0 Å².